The zero-order valence-corrected chi connectivity index (χ0v) is 75.0. The third-order valence-corrected chi connectivity index (χ3v) is 25.5. The van der Waals surface area contributed by atoms with Gasteiger partial charge in [0.2, 0.25) is 0 Å². The highest BCUT2D eigenvalue weighted by molar-refractivity contribution is 7.00. The summed E-state index contributed by atoms with van der Waals surface area (Å²) in [6.07, 6.45) is 0. The SMILES string of the molecule is [2H]c1c([2H])c([2H])c(-c2ccc3c(c2)N(c2c(-c4ccc(C(C)(C)C)cc4)cccc2-c2ccc(C(C)(C)C)cc2C(C)(C)C)c2cc(-n4c5ccc(C(C)(C)C)cc5c5cc(C(C)(C)C)ccc54)cc4c2B3c2ccc(-n3c5c([2H])c([2H])c([2H])c([2H])c5c5c([2H])c([2H])c([2H])c([2H])c53)cc2N4c2c(-c3ccc(C(C)(C)C)cc3)cccc2-c2cc(C(C)(C)C)cc(C(C)(C)C)c2)c([2H])c1[2H]. The van der Waals surface area contributed by atoms with Crippen LogP contribution in [0.5, 0.6) is 0 Å². The Bertz CT molecular complexity index is 7460. The number of hydrogen-bond donors (Lipinski definition) is 0. The summed E-state index contributed by atoms with van der Waals surface area (Å²) in [5.74, 6) is 0. The summed E-state index contributed by atoms with van der Waals surface area (Å²) in [6.45, 7) is 53.3. The maximum Gasteiger partial charge on any atom is 0.252 e. The fourth-order valence-electron chi connectivity index (χ4n) is 18.5. The Hall–Kier alpha value is -11.7. The fourth-order valence-corrected chi connectivity index (χ4v) is 18.5. The van der Waals surface area contributed by atoms with Gasteiger partial charge in [0.25, 0.3) is 6.71 Å². The standard InChI is InChI=1S/C116H119BN4/c1-109(2,3)77-49-44-73(45-50-77)86-38-32-40-88(76-62-82(114(16,17)18)65-83(63-76)115(19,20)21)107(86)121-103-69-84(118-98-42-30-28-36-90(98)91-37-29-31-43-99(91)118)56-59-97(103)117-96-58-48-75(72-34-26-25-27-35-72)64-102(96)120(104-70-85(71-105(121)106(104)117)119-100-60-54-79(111(7,8)9)66-93(100)94-67-80(112(10,11)12)55-61-101(94)119)108-87(74-46-51-78(52-47-74)110(4,5)6)39-33-41-92(108)89-57-53-81(113(13,14)15)68-95(89)116(22,23)24/h25-71H,1-24H3/i25D,26D,27D,28D,29D,30D,31D,34D,35D,36D,37D,42D,43D. The maximum absolute atomic E-state index is 10.1. The molecule has 0 unspecified atom stereocenters. The lowest BCUT2D eigenvalue weighted by molar-refractivity contribution is 0.568. The highest BCUT2D eigenvalue weighted by Gasteiger charge is 2.47. The first kappa shape index (κ1) is 66.1. The summed E-state index contributed by atoms with van der Waals surface area (Å²) in [5.41, 5.74) is 24.3. The van der Waals surface area contributed by atoms with Gasteiger partial charge in [-0.2, -0.15) is 0 Å². The molecule has 606 valence electrons. The summed E-state index contributed by atoms with van der Waals surface area (Å²) >= 11 is 0. The molecule has 2 aliphatic rings. The van der Waals surface area contributed by atoms with Crippen molar-refractivity contribution >= 4 is 101 Å². The summed E-state index contributed by atoms with van der Waals surface area (Å²) in [6, 6.07) is 69.7. The maximum atomic E-state index is 10.1. The number of hydrogen-bond acceptors (Lipinski definition) is 2. The van der Waals surface area contributed by atoms with Gasteiger partial charge in [0, 0.05) is 72.2 Å². The van der Waals surface area contributed by atoms with Crippen molar-refractivity contribution in [1.29, 1.82) is 0 Å². The van der Waals surface area contributed by atoms with Crippen LogP contribution in [0.25, 0.3) is 111 Å². The molecule has 0 saturated heterocycles. The lowest BCUT2D eigenvalue weighted by Gasteiger charge is -2.46. The number of para-hydroxylation sites is 4. The lowest BCUT2D eigenvalue weighted by atomic mass is 9.33. The average molecular weight is 1590 g/mol. The minimum atomic E-state index is -0.777. The van der Waals surface area contributed by atoms with Crippen molar-refractivity contribution < 1.29 is 17.8 Å². The van der Waals surface area contributed by atoms with Gasteiger partial charge in [0.1, 0.15) is 0 Å². The molecule has 5 heteroatoms. The van der Waals surface area contributed by atoms with Gasteiger partial charge in [-0.05, 0) is 204 Å². The summed E-state index contributed by atoms with van der Waals surface area (Å²) in [5, 5.41) is 2.01. The molecule has 0 aliphatic carbocycles. The normalized spacial score (nSPS) is 15.1. The van der Waals surface area contributed by atoms with Crippen LogP contribution in [-0.4, -0.2) is 15.8 Å². The van der Waals surface area contributed by atoms with Crippen LogP contribution in [0.15, 0.2) is 285 Å². The molecule has 0 radical (unpaired) electrons. The highest BCUT2D eigenvalue weighted by Crippen LogP contribution is 2.57. The molecule has 0 N–H and O–H groups in total. The van der Waals surface area contributed by atoms with E-state index in [1.165, 1.54) is 5.56 Å². The smallest absolute Gasteiger partial charge is 0.252 e. The second-order valence-corrected chi connectivity index (χ2v) is 42.2. The Balaban J connectivity index is 1.12. The van der Waals surface area contributed by atoms with E-state index >= 15 is 0 Å². The van der Waals surface area contributed by atoms with Crippen LogP contribution in [0, 0.1) is 0 Å². The topological polar surface area (TPSA) is 16.3 Å². The Morgan fingerprint density at radius 3 is 1.09 bits per heavy atom. The molecule has 2 aliphatic heterocycles. The molecule has 4 heterocycles. The van der Waals surface area contributed by atoms with Crippen LogP contribution < -0.4 is 26.2 Å². The van der Waals surface area contributed by atoms with Crippen molar-refractivity contribution in [2.24, 2.45) is 0 Å². The molecule has 0 spiro atoms. The van der Waals surface area contributed by atoms with Crippen LogP contribution in [0.2, 0.25) is 0 Å². The van der Waals surface area contributed by atoms with Gasteiger partial charge in [-0.3, -0.25) is 0 Å². The third kappa shape index (κ3) is 14.0. The minimum Gasteiger partial charge on any atom is -0.310 e. The predicted molar refractivity (Wildman–Crippen MR) is 526 cm³/mol. The molecule has 4 nitrogen and oxygen atoms in total. The first-order valence-corrected chi connectivity index (χ1v) is 43.0. The van der Waals surface area contributed by atoms with Crippen LogP contribution in [0.3, 0.4) is 0 Å². The van der Waals surface area contributed by atoms with Crippen molar-refractivity contribution in [3.63, 3.8) is 0 Å². The van der Waals surface area contributed by atoms with Crippen molar-refractivity contribution in [2.75, 3.05) is 9.80 Å². The van der Waals surface area contributed by atoms with Crippen LogP contribution in [0.4, 0.5) is 34.1 Å². The summed E-state index contributed by atoms with van der Waals surface area (Å²) in [4.78, 5) is 4.88. The van der Waals surface area contributed by atoms with E-state index in [2.05, 4.69) is 369 Å². The molecule has 14 aromatic carbocycles. The fraction of sp³-hybridized carbons (Fsp3) is 0.276. The molecule has 0 atom stereocenters. The monoisotopic (exact) mass is 1590 g/mol. The molecular weight excluding hydrogens is 1460 g/mol. The molecular formula is C116H119BN4. The average Bonchev–Trinajstić information content (AvgIpc) is 1.03. The predicted octanol–water partition coefficient (Wildman–Crippen LogP) is 30.7. The number of rotatable bonds is 9. The van der Waals surface area contributed by atoms with Crippen molar-refractivity contribution in [2.45, 2.75) is 209 Å². The van der Waals surface area contributed by atoms with Crippen LogP contribution in [-0.2, 0) is 43.3 Å². The van der Waals surface area contributed by atoms with Gasteiger partial charge in [-0.25, -0.2) is 0 Å². The lowest BCUT2D eigenvalue weighted by Crippen LogP contribution is -2.61. The zero-order chi connectivity index (χ0) is 96.8. The highest BCUT2D eigenvalue weighted by atomic mass is 15.2. The van der Waals surface area contributed by atoms with E-state index in [0.717, 1.165) is 150 Å². The molecule has 0 amide bonds. The van der Waals surface area contributed by atoms with E-state index in [0.29, 0.717) is 22.6 Å². The van der Waals surface area contributed by atoms with Crippen molar-refractivity contribution in [1.82, 2.24) is 9.13 Å². The van der Waals surface area contributed by atoms with E-state index in [4.69, 9.17) is 1.37 Å². The number of anilines is 6. The Labute approximate surface area is 739 Å². The molecule has 0 bridgehead atoms. The second kappa shape index (κ2) is 28.5. The van der Waals surface area contributed by atoms with E-state index in [9.17, 15) is 16.4 Å². The van der Waals surface area contributed by atoms with E-state index in [1.807, 2.05) is 18.2 Å². The molecule has 2 aromatic heterocycles. The molecule has 16 aromatic rings. The van der Waals surface area contributed by atoms with E-state index in [-0.39, 0.29) is 77.4 Å². The molecule has 121 heavy (non-hydrogen) atoms. The number of nitrogens with zero attached hydrogens (tertiary/aromatic N) is 4. The third-order valence-electron chi connectivity index (χ3n) is 25.5. The first-order chi connectivity index (χ1) is 62.5. The van der Waals surface area contributed by atoms with E-state index < -0.39 is 78.6 Å². The van der Waals surface area contributed by atoms with Gasteiger partial charge in [-0.15, -0.1) is 0 Å². The minimum absolute atomic E-state index is 0.0272. The Morgan fingerprint density at radius 2 is 0.620 bits per heavy atom. The summed E-state index contributed by atoms with van der Waals surface area (Å²) < 4.78 is 129. The van der Waals surface area contributed by atoms with Gasteiger partial charge in [-0.1, -0.05) is 384 Å². The van der Waals surface area contributed by atoms with Gasteiger partial charge in [0.05, 0.1) is 56.9 Å². The van der Waals surface area contributed by atoms with Crippen molar-refractivity contribution in [3.8, 4) is 67.0 Å². The Kier molecular flexibility index (Phi) is 15.6. The number of aromatic nitrogens is 2. The van der Waals surface area contributed by atoms with Crippen LogP contribution >= 0.6 is 0 Å². The quantitative estimate of drug-likeness (QED) is 0.134. The summed E-state index contributed by atoms with van der Waals surface area (Å²) in [7, 11) is 0. The van der Waals surface area contributed by atoms with Gasteiger partial charge >= 0.3 is 0 Å². The molecule has 0 fully saturated rings. The largest absolute Gasteiger partial charge is 0.310 e. The van der Waals surface area contributed by atoms with Gasteiger partial charge < -0.3 is 18.9 Å². The number of fused-ring (bicyclic) bond motifs is 10. The van der Waals surface area contributed by atoms with Gasteiger partial charge in [0.15, 0.2) is 0 Å². The second-order valence-electron chi connectivity index (χ2n) is 42.2. The Morgan fingerprint density at radius 1 is 0.240 bits per heavy atom. The van der Waals surface area contributed by atoms with Crippen LogP contribution in [0.1, 0.15) is 228 Å². The van der Waals surface area contributed by atoms with E-state index in [1.54, 1.807) is 4.57 Å². The zero-order valence-electron chi connectivity index (χ0n) is 88.0. The first-order valence-electron chi connectivity index (χ1n) is 49.5. The molecule has 0 saturated carbocycles. The molecule has 18 rings (SSSR count). The van der Waals surface area contributed by atoms with Crippen molar-refractivity contribution in [3.05, 3.63) is 329 Å². The number of benzene rings is 14.